The fourth-order valence-corrected chi connectivity index (χ4v) is 3.73. The number of hydrogen-bond donors (Lipinski definition) is 1. The highest BCUT2D eigenvalue weighted by molar-refractivity contribution is 5.86. The van der Waals surface area contributed by atoms with Gasteiger partial charge in [0.25, 0.3) is 0 Å². The first-order valence-electron chi connectivity index (χ1n) is 10.6. The lowest BCUT2D eigenvalue weighted by Gasteiger charge is -2.28. The Labute approximate surface area is 192 Å². The normalized spacial score (nSPS) is 11.7. The number of nitrogens with one attached hydrogen (secondary N) is 1. The molecule has 4 rings (SSSR count). The van der Waals surface area contributed by atoms with Crippen LogP contribution in [0.15, 0.2) is 89.8 Å². The molecule has 1 N–H and O–H groups in total. The van der Waals surface area contributed by atoms with Crippen LogP contribution in [-0.2, 0) is 29.0 Å². The third-order valence-electron chi connectivity index (χ3n) is 5.38. The largest absolute Gasteiger partial charge is 0.464 e. The molecule has 2 aromatic carbocycles. The number of pyridine rings is 1. The number of amides is 2. The number of rotatable bonds is 8. The van der Waals surface area contributed by atoms with E-state index >= 15 is 0 Å². The van der Waals surface area contributed by atoms with Crippen molar-refractivity contribution >= 4 is 23.0 Å². The molecule has 0 bridgehead atoms. The monoisotopic (exact) mass is 443 g/mol. The molecule has 2 aromatic heterocycles. The van der Waals surface area contributed by atoms with E-state index in [4.69, 9.17) is 9.15 Å². The van der Waals surface area contributed by atoms with Crippen molar-refractivity contribution in [3.8, 4) is 0 Å². The summed E-state index contributed by atoms with van der Waals surface area (Å²) in [6.45, 7) is 0.745. The van der Waals surface area contributed by atoms with Gasteiger partial charge in [-0.05, 0) is 47.0 Å². The molecule has 0 spiro atoms. The molecule has 2 amide bonds. The zero-order valence-corrected chi connectivity index (χ0v) is 18.3. The number of carbonyl (C=O) groups excluding carboxylic acids is 2. The van der Waals surface area contributed by atoms with Crippen LogP contribution in [0.2, 0.25) is 0 Å². The van der Waals surface area contributed by atoms with Crippen LogP contribution in [0.25, 0.3) is 11.0 Å². The van der Waals surface area contributed by atoms with E-state index in [2.05, 4.69) is 10.3 Å². The summed E-state index contributed by atoms with van der Waals surface area (Å²) in [4.78, 5) is 31.6. The van der Waals surface area contributed by atoms with Crippen molar-refractivity contribution in [3.05, 3.63) is 102 Å². The molecule has 7 nitrogen and oxygen atoms in total. The Morgan fingerprint density at radius 2 is 1.73 bits per heavy atom. The number of fused-ring (bicyclic) bond motifs is 1. The molecule has 7 heteroatoms. The minimum absolute atomic E-state index is 0.201. The topological polar surface area (TPSA) is 84.7 Å². The highest BCUT2D eigenvalue weighted by Crippen LogP contribution is 2.20. The summed E-state index contributed by atoms with van der Waals surface area (Å²) in [5, 5.41) is 3.68. The highest BCUT2D eigenvalue weighted by atomic mass is 16.5. The van der Waals surface area contributed by atoms with Gasteiger partial charge in [0.1, 0.15) is 11.6 Å². The van der Waals surface area contributed by atoms with Crippen LogP contribution in [0.3, 0.4) is 0 Å². The Morgan fingerprint density at radius 3 is 2.48 bits per heavy atom. The fourth-order valence-electron chi connectivity index (χ4n) is 3.73. The molecular weight excluding hydrogens is 418 g/mol. The molecule has 0 fully saturated rings. The molecule has 4 aromatic rings. The van der Waals surface area contributed by atoms with Gasteiger partial charge < -0.3 is 19.4 Å². The van der Waals surface area contributed by atoms with Crippen molar-refractivity contribution in [2.45, 2.75) is 25.6 Å². The lowest BCUT2D eigenvalue weighted by Crippen LogP contribution is -2.49. The summed E-state index contributed by atoms with van der Waals surface area (Å²) in [5.41, 5.74) is 3.64. The summed E-state index contributed by atoms with van der Waals surface area (Å²) in [6, 6.07) is 20.3. The number of ether oxygens (including phenoxy) is 1. The van der Waals surface area contributed by atoms with Crippen molar-refractivity contribution in [2.24, 2.45) is 0 Å². The minimum atomic E-state index is -0.778. The SMILES string of the molecule is COC(=O)N[C@@H](Cc1ccccc1)C(=O)N(Cc1ccncc1)Cc1ccc2occc2c1. The predicted octanol–water partition coefficient (Wildman–Crippen LogP) is 4.32. The first-order chi connectivity index (χ1) is 16.1. The molecule has 0 saturated heterocycles. The number of nitrogens with zero attached hydrogens (tertiary/aromatic N) is 2. The van der Waals surface area contributed by atoms with E-state index in [9.17, 15) is 9.59 Å². The maximum Gasteiger partial charge on any atom is 0.407 e. The Kier molecular flexibility index (Phi) is 6.99. The van der Waals surface area contributed by atoms with Gasteiger partial charge in [0.05, 0.1) is 13.4 Å². The summed E-state index contributed by atoms with van der Waals surface area (Å²) < 4.78 is 10.2. The van der Waals surface area contributed by atoms with Crippen LogP contribution in [-0.4, -0.2) is 35.0 Å². The average Bonchev–Trinajstić information content (AvgIpc) is 3.32. The van der Waals surface area contributed by atoms with E-state index in [1.54, 1.807) is 23.6 Å². The zero-order valence-electron chi connectivity index (χ0n) is 18.3. The molecule has 0 unspecified atom stereocenters. The third-order valence-corrected chi connectivity index (χ3v) is 5.38. The molecule has 0 aliphatic carbocycles. The van der Waals surface area contributed by atoms with Crippen LogP contribution in [0, 0.1) is 0 Å². The van der Waals surface area contributed by atoms with E-state index in [1.807, 2.05) is 66.7 Å². The van der Waals surface area contributed by atoms with E-state index in [0.29, 0.717) is 19.5 Å². The minimum Gasteiger partial charge on any atom is -0.464 e. The molecule has 168 valence electrons. The van der Waals surface area contributed by atoms with Crippen LogP contribution in [0.1, 0.15) is 16.7 Å². The van der Waals surface area contributed by atoms with Gasteiger partial charge in [0.2, 0.25) is 5.91 Å². The Hall–Kier alpha value is -4.13. The number of hydrogen-bond acceptors (Lipinski definition) is 5. The molecule has 0 aliphatic rings. The zero-order chi connectivity index (χ0) is 23.0. The lowest BCUT2D eigenvalue weighted by molar-refractivity contribution is -0.134. The summed E-state index contributed by atoms with van der Waals surface area (Å²) in [6.07, 6.45) is 4.74. The summed E-state index contributed by atoms with van der Waals surface area (Å²) in [7, 11) is 1.29. The summed E-state index contributed by atoms with van der Waals surface area (Å²) in [5.74, 6) is -0.201. The quantitative estimate of drug-likeness (QED) is 0.438. The molecule has 0 radical (unpaired) electrons. The van der Waals surface area contributed by atoms with E-state index in [-0.39, 0.29) is 5.91 Å². The van der Waals surface area contributed by atoms with E-state index in [1.165, 1.54) is 7.11 Å². The first kappa shape index (κ1) is 22.1. The van der Waals surface area contributed by atoms with Crippen molar-refractivity contribution in [3.63, 3.8) is 0 Å². The van der Waals surface area contributed by atoms with Crippen LogP contribution < -0.4 is 5.32 Å². The second-order valence-electron chi connectivity index (χ2n) is 7.72. The van der Waals surface area contributed by atoms with Crippen molar-refractivity contribution < 1.29 is 18.7 Å². The van der Waals surface area contributed by atoms with E-state index < -0.39 is 12.1 Å². The average molecular weight is 444 g/mol. The van der Waals surface area contributed by atoms with Gasteiger partial charge in [-0.25, -0.2) is 4.79 Å². The lowest BCUT2D eigenvalue weighted by atomic mass is 10.0. The smallest absolute Gasteiger partial charge is 0.407 e. The van der Waals surface area contributed by atoms with Crippen molar-refractivity contribution in [1.29, 1.82) is 0 Å². The van der Waals surface area contributed by atoms with Gasteiger partial charge in [0.15, 0.2) is 0 Å². The number of carbonyl (C=O) groups is 2. The highest BCUT2D eigenvalue weighted by Gasteiger charge is 2.27. The maximum absolute atomic E-state index is 13.7. The predicted molar refractivity (Wildman–Crippen MR) is 124 cm³/mol. The number of methoxy groups -OCH3 is 1. The maximum atomic E-state index is 13.7. The molecular formula is C26H25N3O4. The number of alkyl carbamates (subject to hydrolysis) is 1. The van der Waals surface area contributed by atoms with Gasteiger partial charge in [-0.1, -0.05) is 36.4 Å². The Bertz CT molecular complexity index is 1210. The van der Waals surface area contributed by atoms with Crippen LogP contribution in [0.4, 0.5) is 4.79 Å². The standard InChI is InChI=1S/C26H25N3O4/c1-32-26(31)28-23(16-19-5-3-2-4-6-19)25(30)29(17-20-9-12-27-13-10-20)18-21-7-8-24-22(15-21)11-14-33-24/h2-15,23H,16-18H2,1H3,(H,28,31)/t23-/m0/s1. The van der Waals surface area contributed by atoms with Gasteiger partial charge in [-0.3, -0.25) is 9.78 Å². The molecule has 1 atom stereocenters. The molecule has 0 saturated carbocycles. The molecule has 0 aliphatic heterocycles. The first-order valence-corrected chi connectivity index (χ1v) is 10.6. The van der Waals surface area contributed by atoms with Gasteiger partial charge in [-0.15, -0.1) is 0 Å². The van der Waals surface area contributed by atoms with Gasteiger partial charge in [-0.2, -0.15) is 0 Å². The Balaban J connectivity index is 1.62. The van der Waals surface area contributed by atoms with Crippen LogP contribution in [0.5, 0.6) is 0 Å². The third kappa shape index (κ3) is 5.77. The number of benzene rings is 2. The second kappa shape index (κ2) is 10.5. The fraction of sp³-hybridized carbons (Fsp3) is 0.192. The number of furan rings is 1. The summed E-state index contributed by atoms with van der Waals surface area (Å²) >= 11 is 0. The second-order valence-corrected chi connectivity index (χ2v) is 7.72. The van der Waals surface area contributed by atoms with Gasteiger partial charge in [0, 0.05) is 37.3 Å². The van der Waals surface area contributed by atoms with Crippen LogP contribution >= 0.6 is 0 Å². The molecule has 33 heavy (non-hydrogen) atoms. The van der Waals surface area contributed by atoms with Crippen molar-refractivity contribution in [1.82, 2.24) is 15.2 Å². The van der Waals surface area contributed by atoms with Crippen molar-refractivity contribution in [2.75, 3.05) is 7.11 Å². The Morgan fingerprint density at radius 1 is 0.970 bits per heavy atom. The number of aromatic nitrogens is 1. The molecule has 2 heterocycles. The van der Waals surface area contributed by atoms with E-state index in [0.717, 1.165) is 27.7 Å². The van der Waals surface area contributed by atoms with Gasteiger partial charge >= 0.3 is 6.09 Å².